The van der Waals surface area contributed by atoms with Crippen LogP contribution in [0, 0.1) is 0 Å². The number of carbonyl (C=O) groups is 1. The zero-order valence-electron chi connectivity index (χ0n) is 15.2. The molecule has 0 spiro atoms. The molecule has 1 fully saturated rings. The van der Waals surface area contributed by atoms with Crippen LogP contribution in [0.2, 0.25) is 0 Å². The Kier molecular flexibility index (Phi) is 5.16. The number of pyridine rings is 1. The Balaban J connectivity index is 1.28. The Morgan fingerprint density at radius 3 is 2.58 bits per heavy atom. The second-order valence-corrected chi connectivity index (χ2v) is 7.04. The highest BCUT2D eigenvalue weighted by Gasteiger charge is 2.23. The molecule has 136 valence electrons. The van der Waals surface area contributed by atoms with E-state index in [0.717, 1.165) is 63.6 Å². The first-order valence-corrected chi connectivity index (χ1v) is 9.58. The molecule has 4 rings (SSSR count). The summed E-state index contributed by atoms with van der Waals surface area (Å²) in [5, 5.41) is 0. The van der Waals surface area contributed by atoms with Crippen LogP contribution >= 0.6 is 0 Å². The lowest BCUT2D eigenvalue weighted by Gasteiger charge is -2.36. The molecular formula is C21H26N4O. The van der Waals surface area contributed by atoms with E-state index in [1.54, 1.807) is 0 Å². The van der Waals surface area contributed by atoms with Crippen LogP contribution in [0.4, 0.5) is 11.5 Å². The summed E-state index contributed by atoms with van der Waals surface area (Å²) < 4.78 is 0. The third kappa shape index (κ3) is 3.73. The number of rotatable bonds is 4. The largest absolute Gasteiger partial charge is 0.354 e. The molecule has 0 saturated carbocycles. The van der Waals surface area contributed by atoms with E-state index in [1.165, 1.54) is 5.56 Å². The summed E-state index contributed by atoms with van der Waals surface area (Å²) in [6, 6.07) is 14.4. The highest BCUT2D eigenvalue weighted by molar-refractivity contribution is 5.94. The van der Waals surface area contributed by atoms with Gasteiger partial charge in [0.05, 0.1) is 0 Å². The van der Waals surface area contributed by atoms with Crippen LogP contribution in [-0.2, 0) is 11.2 Å². The van der Waals surface area contributed by atoms with E-state index in [9.17, 15) is 4.79 Å². The number of aryl methyl sites for hydroxylation is 1. The molecule has 5 nitrogen and oxygen atoms in total. The Morgan fingerprint density at radius 2 is 1.77 bits per heavy atom. The molecule has 2 aliphatic heterocycles. The molecule has 3 heterocycles. The van der Waals surface area contributed by atoms with Crippen molar-refractivity contribution in [1.29, 1.82) is 0 Å². The van der Waals surface area contributed by atoms with Gasteiger partial charge in [-0.1, -0.05) is 24.3 Å². The first kappa shape index (κ1) is 17.0. The molecule has 0 N–H and O–H groups in total. The fourth-order valence-electron chi connectivity index (χ4n) is 3.92. The molecule has 0 bridgehead atoms. The first-order chi connectivity index (χ1) is 12.8. The lowest BCUT2D eigenvalue weighted by molar-refractivity contribution is -0.119. The number of para-hydroxylation sites is 1. The monoisotopic (exact) mass is 350 g/mol. The van der Waals surface area contributed by atoms with Gasteiger partial charge in [-0.15, -0.1) is 0 Å². The molecule has 2 aromatic rings. The fraction of sp³-hybridized carbons (Fsp3) is 0.429. The average molecular weight is 350 g/mol. The van der Waals surface area contributed by atoms with Crippen molar-refractivity contribution in [3.63, 3.8) is 0 Å². The van der Waals surface area contributed by atoms with Gasteiger partial charge in [-0.3, -0.25) is 9.69 Å². The molecule has 1 aromatic heterocycles. The zero-order valence-corrected chi connectivity index (χ0v) is 15.2. The molecule has 26 heavy (non-hydrogen) atoms. The van der Waals surface area contributed by atoms with E-state index in [0.29, 0.717) is 6.42 Å². The summed E-state index contributed by atoms with van der Waals surface area (Å²) >= 11 is 0. The lowest BCUT2D eigenvalue weighted by Crippen LogP contribution is -2.47. The van der Waals surface area contributed by atoms with Gasteiger partial charge in [0.25, 0.3) is 0 Å². The third-order valence-electron chi connectivity index (χ3n) is 5.40. The van der Waals surface area contributed by atoms with Crippen LogP contribution in [0.1, 0.15) is 18.4 Å². The normalized spacial score (nSPS) is 17.8. The second kappa shape index (κ2) is 7.87. The zero-order chi connectivity index (χ0) is 17.8. The second-order valence-electron chi connectivity index (χ2n) is 7.04. The van der Waals surface area contributed by atoms with Gasteiger partial charge in [-0.2, -0.15) is 0 Å². The molecule has 1 amide bonds. The SMILES string of the molecule is O=C(CCN1CCN(c2ccccn2)CC1)N1CCCc2ccccc21. The van der Waals surface area contributed by atoms with Gasteiger partial charge in [-0.05, 0) is 36.6 Å². The molecule has 1 aromatic carbocycles. The molecule has 1 saturated heterocycles. The number of aromatic nitrogens is 1. The van der Waals surface area contributed by atoms with Crippen molar-refractivity contribution in [2.24, 2.45) is 0 Å². The number of anilines is 2. The minimum absolute atomic E-state index is 0.254. The predicted octanol–water partition coefficient (Wildman–Crippen LogP) is 2.57. The number of carbonyl (C=O) groups excluding carboxylic acids is 1. The molecule has 0 aliphatic carbocycles. The standard InChI is InChI=1S/C21H26N4O/c26-21(25-12-5-7-18-6-1-2-8-19(18)25)10-13-23-14-16-24(17-15-23)20-9-3-4-11-22-20/h1-4,6,8-9,11H,5,7,10,12-17H2. The molecule has 2 aliphatic rings. The molecule has 5 heteroatoms. The maximum Gasteiger partial charge on any atom is 0.228 e. The Labute approximate surface area is 155 Å². The van der Waals surface area contributed by atoms with Crippen molar-refractivity contribution in [2.45, 2.75) is 19.3 Å². The van der Waals surface area contributed by atoms with Gasteiger partial charge in [0.2, 0.25) is 5.91 Å². The van der Waals surface area contributed by atoms with Crippen molar-refractivity contribution in [2.75, 3.05) is 49.1 Å². The summed E-state index contributed by atoms with van der Waals surface area (Å²) in [4.78, 5) is 23.9. The highest BCUT2D eigenvalue weighted by atomic mass is 16.2. The summed E-state index contributed by atoms with van der Waals surface area (Å²) in [5.74, 6) is 1.30. The summed E-state index contributed by atoms with van der Waals surface area (Å²) in [7, 11) is 0. The average Bonchev–Trinajstić information content (AvgIpc) is 2.72. The molecule has 0 radical (unpaired) electrons. The first-order valence-electron chi connectivity index (χ1n) is 9.58. The van der Waals surface area contributed by atoms with Crippen molar-refractivity contribution >= 4 is 17.4 Å². The van der Waals surface area contributed by atoms with Crippen LogP contribution in [0.3, 0.4) is 0 Å². The van der Waals surface area contributed by atoms with Crippen molar-refractivity contribution in [3.8, 4) is 0 Å². The minimum atomic E-state index is 0.254. The number of hydrogen-bond donors (Lipinski definition) is 0. The summed E-state index contributed by atoms with van der Waals surface area (Å²) in [5.41, 5.74) is 2.42. The molecule has 0 atom stereocenters. The number of nitrogens with zero attached hydrogens (tertiary/aromatic N) is 4. The third-order valence-corrected chi connectivity index (χ3v) is 5.40. The van der Waals surface area contributed by atoms with Crippen molar-refractivity contribution in [3.05, 3.63) is 54.2 Å². The highest BCUT2D eigenvalue weighted by Crippen LogP contribution is 2.27. The van der Waals surface area contributed by atoms with E-state index in [1.807, 2.05) is 29.3 Å². The van der Waals surface area contributed by atoms with Crippen molar-refractivity contribution in [1.82, 2.24) is 9.88 Å². The number of amides is 1. The van der Waals surface area contributed by atoms with Gasteiger partial charge >= 0.3 is 0 Å². The Hall–Kier alpha value is -2.40. The van der Waals surface area contributed by atoms with Crippen LogP contribution in [-0.4, -0.2) is 55.1 Å². The number of hydrogen-bond acceptors (Lipinski definition) is 4. The molecule has 0 unspecified atom stereocenters. The van der Waals surface area contributed by atoms with E-state index in [2.05, 4.69) is 39.0 Å². The van der Waals surface area contributed by atoms with Crippen LogP contribution in [0.5, 0.6) is 0 Å². The number of benzene rings is 1. The minimum Gasteiger partial charge on any atom is -0.354 e. The van der Waals surface area contributed by atoms with E-state index in [4.69, 9.17) is 0 Å². The lowest BCUT2D eigenvalue weighted by atomic mass is 10.0. The van der Waals surface area contributed by atoms with Gasteiger partial charge in [0, 0.05) is 57.6 Å². The van der Waals surface area contributed by atoms with E-state index >= 15 is 0 Å². The van der Waals surface area contributed by atoms with Crippen molar-refractivity contribution < 1.29 is 4.79 Å². The van der Waals surface area contributed by atoms with E-state index in [-0.39, 0.29) is 5.91 Å². The predicted molar refractivity (Wildman–Crippen MR) is 105 cm³/mol. The topological polar surface area (TPSA) is 39.7 Å². The smallest absolute Gasteiger partial charge is 0.228 e. The number of piperazine rings is 1. The van der Waals surface area contributed by atoms with Crippen LogP contribution in [0.15, 0.2) is 48.7 Å². The maximum absolute atomic E-state index is 12.8. The van der Waals surface area contributed by atoms with Gasteiger partial charge < -0.3 is 9.80 Å². The Morgan fingerprint density at radius 1 is 0.962 bits per heavy atom. The molecular weight excluding hydrogens is 324 g/mol. The Bertz CT molecular complexity index is 741. The fourth-order valence-corrected chi connectivity index (χ4v) is 3.92. The quantitative estimate of drug-likeness (QED) is 0.850. The van der Waals surface area contributed by atoms with Gasteiger partial charge in [0.1, 0.15) is 5.82 Å². The van der Waals surface area contributed by atoms with Crippen LogP contribution in [0.25, 0.3) is 0 Å². The van der Waals surface area contributed by atoms with E-state index < -0.39 is 0 Å². The van der Waals surface area contributed by atoms with Gasteiger partial charge in [-0.25, -0.2) is 4.98 Å². The number of fused-ring (bicyclic) bond motifs is 1. The van der Waals surface area contributed by atoms with Crippen LogP contribution < -0.4 is 9.80 Å². The maximum atomic E-state index is 12.8. The van der Waals surface area contributed by atoms with Gasteiger partial charge in [0.15, 0.2) is 0 Å². The summed E-state index contributed by atoms with van der Waals surface area (Å²) in [6.07, 6.45) is 4.58. The summed E-state index contributed by atoms with van der Waals surface area (Å²) in [6.45, 7) is 5.60.